The van der Waals surface area contributed by atoms with Gasteiger partial charge in [0.05, 0.1) is 0 Å². The van der Waals surface area contributed by atoms with Gasteiger partial charge >= 0.3 is 5.97 Å². The van der Waals surface area contributed by atoms with E-state index < -0.39 is 5.97 Å². The number of hydrogen-bond donors (Lipinski definition) is 1. The summed E-state index contributed by atoms with van der Waals surface area (Å²) in [6.45, 7) is 4.30. The first kappa shape index (κ1) is 18.1. The minimum atomic E-state index is -0.734. The molecule has 28 heavy (non-hydrogen) atoms. The Morgan fingerprint density at radius 1 is 1.18 bits per heavy atom. The van der Waals surface area contributed by atoms with Crippen LogP contribution in [-0.4, -0.2) is 53.0 Å². The van der Waals surface area contributed by atoms with Gasteiger partial charge < -0.3 is 10.0 Å². The summed E-state index contributed by atoms with van der Waals surface area (Å²) in [4.78, 5) is 28.4. The van der Waals surface area contributed by atoms with Crippen LogP contribution in [0.5, 0.6) is 0 Å². The molecular weight excluding hydrogens is 372 g/mol. The highest BCUT2D eigenvalue weighted by atomic mass is 32.1. The Morgan fingerprint density at radius 2 is 2.00 bits per heavy atom. The van der Waals surface area contributed by atoms with Crippen LogP contribution in [-0.2, 0) is 16.1 Å². The van der Waals surface area contributed by atoms with Crippen molar-refractivity contribution < 1.29 is 14.7 Å². The molecule has 1 aromatic carbocycles. The van der Waals surface area contributed by atoms with E-state index in [1.807, 2.05) is 4.90 Å². The minimum absolute atomic E-state index is 0.0607. The van der Waals surface area contributed by atoms with E-state index in [1.54, 1.807) is 11.3 Å². The van der Waals surface area contributed by atoms with E-state index in [9.17, 15) is 14.7 Å². The first-order valence-electron chi connectivity index (χ1n) is 10.2. The third-order valence-corrected chi connectivity index (χ3v) is 7.87. The normalized spacial score (nSPS) is 27.4. The van der Waals surface area contributed by atoms with Crippen LogP contribution in [0.4, 0.5) is 0 Å². The predicted molar refractivity (Wildman–Crippen MR) is 109 cm³/mol. The van der Waals surface area contributed by atoms with Crippen LogP contribution in [0.2, 0.25) is 0 Å². The highest BCUT2D eigenvalue weighted by Crippen LogP contribution is 2.48. The third kappa shape index (κ3) is 3.22. The molecule has 2 aliphatic heterocycles. The lowest BCUT2D eigenvalue weighted by atomic mass is 9.77. The average molecular weight is 399 g/mol. The Bertz CT molecular complexity index is 921. The van der Waals surface area contributed by atoms with Crippen LogP contribution in [0.15, 0.2) is 29.6 Å². The molecule has 0 bridgehead atoms. The maximum Gasteiger partial charge on any atom is 0.303 e. The molecule has 2 atom stereocenters. The van der Waals surface area contributed by atoms with Gasteiger partial charge in [0.25, 0.3) is 0 Å². The van der Waals surface area contributed by atoms with Crippen molar-refractivity contribution in [3.05, 3.63) is 35.2 Å². The molecule has 0 unspecified atom stereocenters. The number of fused-ring (bicyclic) bond motifs is 2. The number of carbonyl (C=O) groups is 2. The smallest absolute Gasteiger partial charge is 0.303 e. The Labute approximate surface area is 168 Å². The third-order valence-electron chi connectivity index (χ3n) is 6.86. The van der Waals surface area contributed by atoms with Gasteiger partial charge in [-0.2, -0.15) is 0 Å². The maximum absolute atomic E-state index is 12.6. The molecule has 3 heterocycles. The average Bonchev–Trinajstić information content (AvgIpc) is 3.25. The van der Waals surface area contributed by atoms with Crippen LogP contribution in [0.25, 0.3) is 10.1 Å². The molecule has 3 aliphatic rings. The van der Waals surface area contributed by atoms with Crippen molar-refractivity contribution in [3.63, 3.8) is 0 Å². The molecule has 6 heteroatoms. The van der Waals surface area contributed by atoms with E-state index in [2.05, 4.69) is 34.5 Å². The van der Waals surface area contributed by atoms with Crippen LogP contribution < -0.4 is 0 Å². The molecule has 1 N–H and O–H groups in total. The van der Waals surface area contributed by atoms with Gasteiger partial charge in [-0.3, -0.25) is 14.5 Å². The van der Waals surface area contributed by atoms with Crippen LogP contribution in [0, 0.1) is 17.3 Å². The van der Waals surface area contributed by atoms with E-state index in [4.69, 9.17) is 0 Å². The minimum Gasteiger partial charge on any atom is -0.481 e. The molecule has 1 aliphatic carbocycles. The van der Waals surface area contributed by atoms with Crippen molar-refractivity contribution in [2.75, 3.05) is 26.2 Å². The molecule has 3 fully saturated rings. The van der Waals surface area contributed by atoms with Gasteiger partial charge in [0, 0.05) is 55.2 Å². The Hall–Kier alpha value is -1.92. The molecule has 0 radical (unpaired) electrons. The number of rotatable bonds is 6. The maximum atomic E-state index is 12.6. The number of hydrogen-bond acceptors (Lipinski definition) is 4. The molecule has 1 saturated carbocycles. The van der Waals surface area contributed by atoms with Crippen molar-refractivity contribution in [2.24, 2.45) is 17.3 Å². The first-order chi connectivity index (χ1) is 13.5. The van der Waals surface area contributed by atoms with Crippen molar-refractivity contribution in [3.8, 4) is 0 Å². The van der Waals surface area contributed by atoms with E-state index in [-0.39, 0.29) is 17.8 Å². The van der Waals surface area contributed by atoms with Gasteiger partial charge in [0.2, 0.25) is 5.91 Å². The number of nitrogens with zero attached hydrogens (tertiary/aromatic N) is 2. The van der Waals surface area contributed by atoms with Crippen molar-refractivity contribution in [1.29, 1.82) is 0 Å². The van der Waals surface area contributed by atoms with Crippen LogP contribution in [0.1, 0.15) is 31.2 Å². The summed E-state index contributed by atoms with van der Waals surface area (Å²) in [5, 5.41) is 12.8. The predicted octanol–water partition coefficient (Wildman–Crippen LogP) is 3.44. The van der Waals surface area contributed by atoms with Gasteiger partial charge in [-0.05, 0) is 47.6 Å². The van der Waals surface area contributed by atoms with Gasteiger partial charge in [-0.25, -0.2) is 0 Å². The number of amides is 1. The Balaban J connectivity index is 1.33. The quantitative estimate of drug-likeness (QED) is 0.810. The molecule has 148 valence electrons. The number of likely N-dealkylation sites (tertiary alicyclic amines) is 2. The molecule has 0 spiro atoms. The fourth-order valence-corrected chi connectivity index (χ4v) is 6.23. The SMILES string of the molecule is O=C(O)CC[C@]12CN(Cc3csc4ccccc34)C[C@H]1CN(C(=O)C1CC1)C2. The Morgan fingerprint density at radius 3 is 2.79 bits per heavy atom. The lowest BCUT2D eigenvalue weighted by Crippen LogP contribution is -2.37. The van der Waals surface area contributed by atoms with E-state index in [1.165, 1.54) is 15.6 Å². The molecule has 1 aromatic heterocycles. The molecule has 1 amide bonds. The van der Waals surface area contributed by atoms with E-state index in [0.717, 1.165) is 45.6 Å². The second kappa shape index (κ2) is 6.85. The van der Waals surface area contributed by atoms with E-state index in [0.29, 0.717) is 18.2 Å². The topological polar surface area (TPSA) is 60.9 Å². The molecular formula is C22H26N2O3S. The lowest BCUT2D eigenvalue weighted by Gasteiger charge is -2.29. The highest BCUT2D eigenvalue weighted by molar-refractivity contribution is 7.17. The summed E-state index contributed by atoms with van der Waals surface area (Å²) >= 11 is 1.79. The number of thiophene rings is 1. The fraction of sp³-hybridized carbons (Fsp3) is 0.545. The summed E-state index contributed by atoms with van der Waals surface area (Å²) in [7, 11) is 0. The lowest BCUT2D eigenvalue weighted by molar-refractivity contribution is -0.137. The summed E-state index contributed by atoms with van der Waals surface area (Å²) in [6, 6.07) is 8.52. The molecule has 2 saturated heterocycles. The summed E-state index contributed by atoms with van der Waals surface area (Å²) in [5.41, 5.74) is 1.30. The van der Waals surface area contributed by atoms with Gasteiger partial charge in [-0.1, -0.05) is 18.2 Å². The first-order valence-corrected chi connectivity index (χ1v) is 11.1. The number of aliphatic carboxylic acids is 1. The number of carbonyl (C=O) groups excluding carboxylic acids is 1. The Kier molecular flexibility index (Phi) is 4.43. The van der Waals surface area contributed by atoms with Gasteiger partial charge in [0.15, 0.2) is 0 Å². The summed E-state index contributed by atoms with van der Waals surface area (Å²) in [6.07, 6.45) is 2.92. The zero-order valence-corrected chi connectivity index (χ0v) is 16.8. The molecule has 5 nitrogen and oxygen atoms in total. The van der Waals surface area contributed by atoms with E-state index >= 15 is 0 Å². The monoisotopic (exact) mass is 398 g/mol. The van der Waals surface area contributed by atoms with Crippen molar-refractivity contribution in [1.82, 2.24) is 9.80 Å². The number of benzene rings is 1. The molecule has 5 rings (SSSR count). The van der Waals surface area contributed by atoms with Gasteiger partial charge in [-0.15, -0.1) is 11.3 Å². The highest BCUT2D eigenvalue weighted by Gasteiger charge is 2.54. The number of carboxylic acids is 1. The zero-order chi connectivity index (χ0) is 19.3. The summed E-state index contributed by atoms with van der Waals surface area (Å²) < 4.78 is 1.32. The van der Waals surface area contributed by atoms with Gasteiger partial charge in [0.1, 0.15) is 0 Å². The standard InChI is InChI=1S/C22H26N2O3S/c25-20(26)7-8-22-13-23(9-16-12-28-19-4-2-1-3-18(16)19)10-17(22)11-24(14-22)21(27)15-5-6-15/h1-4,12,15,17H,5-11,13-14H2,(H,25,26)/t17-,22+/m0/s1. The van der Waals surface area contributed by atoms with Crippen molar-refractivity contribution >= 4 is 33.3 Å². The second-order valence-electron chi connectivity index (χ2n) is 8.87. The summed E-state index contributed by atoms with van der Waals surface area (Å²) in [5.74, 6) is 0.199. The second-order valence-corrected chi connectivity index (χ2v) is 9.78. The largest absolute Gasteiger partial charge is 0.481 e. The fourth-order valence-electron chi connectivity index (χ4n) is 5.28. The zero-order valence-electron chi connectivity index (χ0n) is 16.0. The van der Waals surface area contributed by atoms with Crippen molar-refractivity contribution in [2.45, 2.75) is 32.2 Å². The number of carboxylic acid groups (broad SMARTS) is 1. The van der Waals surface area contributed by atoms with Crippen LogP contribution >= 0.6 is 11.3 Å². The molecule has 2 aromatic rings. The van der Waals surface area contributed by atoms with Crippen LogP contribution in [0.3, 0.4) is 0 Å².